The molecule has 0 amide bonds. The van der Waals surface area contributed by atoms with E-state index in [4.69, 9.17) is 18.9 Å². The van der Waals surface area contributed by atoms with Crippen LogP contribution in [-0.2, 0) is 54.1 Å². The molecule has 136 heavy (non-hydrogen) atoms. The summed E-state index contributed by atoms with van der Waals surface area (Å²) >= 11 is 0. The van der Waals surface area contributed by atoms with E-state index in [2.05, 4.69) is 359 Å². The van der Waals surface area contributed by atoms with Crippen LogP contribution in [0.1, 0.15) is 313 Å². The van der Waals surface area contributed by atoms with Gasteiger partial charge in [0.25, 0.3) is 0 Å². The molecule has 0 saturated carbocycles. The number of aryl methyl sites for hydroxylation is 9. The van der Waals surface area contributed by atoms with E-state index in [0.29, 0.717) is 16.9 Å². The first-order valence-corrected chi connectivity index (χ1v) is 47.9. The predicted octanol–water partition coefficient (Wildman–Crippen LogP) is 38.6. The molecule has 0 spiro atoms. The smallest absolute Gasteiger partial charge is 0.127 e. The van der Waals surface area contributed by atoms with Gasteiger partial charge in [0.05, 0.1) is 7.11 Å². The van der Waals surface area contributed by atoms with Crippen molar-refractivity contribution < 1.29 is 36.5 Å². The van der Waals surface area contributed by atoms with Crippen molar-refractivity contribution in [1.82, 2.24) is 0 Å². The lowest BCUT2D eigenvalue weighted by atomic mass is 9.86. The Balaban J connectivity index is 0.000000318. The fourth-order valence-electron chi connectivity index (χ4n) is 13.4. The molecule has 0 atom stereocenters. The highest BCUT2D eigenvalue weighted by atomic mass is 19.1. The molecule has 0 aliphatic carbocycles. The van der Waals surface area contributed by atoms with E-state index in [-0.39, 0.29) is 77.4 Å². The molecule has 0 heterocycles. The highest BCUT2D eigenvalue weighted by Gasteiger charge is 2.23. The number of hydrogen-bond acceptors (Lipinski definition) is 4. The Bertz CT molecular complexity index is 5550. The second-order valence-electron chi connectivity index (χ2n) is 46.1. The summed E-state index contributed by atoms with van der Waals surface area (Å²) in [4.78, 5) is 0. The molecule has 732 valence electrons. The van der Waals surface area contributed by atoms with Crippen LogP contribution in [0, 0.1) is 85.6 Å². The van der Waals surface area contributed by atoms with Gasteiger partial charge in [-0.1, -0.05) is 424 Å². The van der Waals surface area contributed by atoms with Crippen molar-refractivity contribution in [3.05, 3.63) is 420 Å². The van der Waals surface area contributed by atoms with E-state index in [1.54, 1.807) is 51.3 Å². The Morgan fingerprint density at radius 3 is 0.721 bits per heavy atom. The topological polar surface area (TPSA) is 36.9 Å². The van der Waals surface area contributed by atoms with Crippen LogP contribution in [0.15, 0.2) is 291 Å². The second-order valence-corrected chi connectivity index (χ2v) is 46.1. The standard InChI is InChI=1S/C17H19FO.2C17H20O.C12H18O.2C11H15F.3C11H16.C10H13F/c1-12-11-15(9-10-16(12)18)19-14-7-5-13(6-8-14)17(2,3)4;2*1-13-5-9-15(10-6-13)18-16-11-7-14(8-12-16)17(2,3)4;1-9-6-7-10(12(2,3)4)11(8-9)13-5;1-8-5-6-9(7-10(8)12)11(2,3)4;1-8-5-6-9(10(12)7-8)11(2,3)4;2*1-9-5-7-10(8-6-9)11(2,3)4;1-9-6-5-7-10(8-9)11(2,3)4;1-10(2,3)8-6-4-5-7-9(8)11/h5-11H,1-4H3;2*5-12H,1-4H3;6-8H,1-5H3;2*5-7H,1-4H3;3*5-8H,1-4H3;4-7H,1-3H3. The Morgan fingerprint density at radius 2 is 0.434 bits per heavy atom. The fraction of sp³-hybridized carbons (Fsp3) is 0.391. The summed E-state index contributed by atoms with van der Waals surface area (Å²) in [6, 6.07) is 95.9. The lowest BCUT2D eigenvalue weighted by Crippen LogP contribution is -2.13. The second kappa shape index (κ2) is 51.3. The summed E-state index contributed by atoms with van der Waals surface area (Å²) in [7, 11) is 1.73. The fourth-order valence-corrected chi connectivity index (χ4v) is 13.4. The van der Waals surface area contributed by atoms with Crippen molar-refractivity contribution in [1.29, 1.82) is 0 Å². The normalized spacial score (nSPS) is 11.5. The number of methoxy groups -OCH3 is 1. The molecule has 13 aromatic rings. The first-order valence-electron chi connectivity index (χ1n) is 47.9. The Hall–Kier alpha value is -11.2. The largest absolute Gasteiger partial charge is 0.496 e. The minimum atomic E-state index is -0.213. The van der Waals surface area contributed by atoms with Gasteiger partial charge in [-0.15, -0.1) is 0 Å². The average Bonchev–Trinajstić information content (AvgIpc) is 0.833. The first kappa shape index (κ1) is 117. The Labute approximate surface area is 823 Å². The van der Waals surface area contributed by atoms with E-state index in [9.17, 15) is 17.6 Å². The van der Waals surface area contributed by atoms with Crippen molar-refractivity contribution in [2.75, 3.05) is 7.11 Å². The van der Waals surface area contributed by atoms with E-state index < -0.39 is 0 Å². The zero-order valence-electron chi connectivity index (χ0n) is 90.9. The van der Waals surface area contributed by atoms with Crippen molar-refractivity contribution in [2.24, 2.45) is 0 Å². The summed E-state index contributed by atoms with van der Waals surface area (Å²) in [5.74, 6) is 5.40. The molecule has 0 unspecified atom stereocenters. The molecule has 8 heteroatoms. The van der Waals surface area contributed by atoms with Gasteiger partial charge in [0.15, 0.2) is 0 Å². The van der Waals surface area contributed by atoms with E-state index in [1.807, 2.05) is 146 Å². The molecule has 0 saturated heterocycles. The van der Waals surface area contributed by atoms with Crippen LogP contribution in [0.3, 0.4) is 0 Å². The van der Waals surface area contributed by atoms with Gasteiger partial charge in [0.1, 0.15) is 63.5 Å². The predicted molar refractivity (Wildman–Crippen MR) is 580 cm³/mol. The molecule has 13 aromatic carbocycles. The van der Waals surface area contributed by atoms with E-state index in [1.165, 1.54) is 84.5 Å². The zero-order chi connectivity index (χ0) is 103. The summed E-state index contributed by atoms with van der Waals surface area (Å²) in [6.07, 6.45) is 0. The van der Waals surface area contributed by atoms with Gasteiger partial charge in [0, 0.05) is 0 Å². The van der Waals surface area contributed by atoms with Crippen LogP contribution in [0.5, 0.6) is 40.2 Å². The molecule has 0 aliphatic rings. The third-order valence-corrected chi connectivity index (χ3v) is 22.6. The van der Waals surface area contributed by atoms with Crippen LogP contribution < -0.4 is 18.9 Å². The van der Waals surface area contributed by atoms with Crippen molar-refractivity contribution in [3.8, 4) is 40.2 Å². The maximum Gasteiger partial charge on any atom is 0.127 e. The molecule has 4 nitrogen and oxygen atoms in total. The van der Waals surface area contributed by atoms with Crippen LogP contribution in [0.4, 0.5) is 17.6 Å². The molecule has 0 bridgehead atoms. The van der Waals surface area contributed by atoms with E-state index in [0.717, 1.165) is 56.8 Å². The van der Waals surface area contributed by atoms with Crippen molar-refractivity contribution >= 4 is 0 Å². The van der Waals surface area contributed by atoms with Crippen LogP contribution in [-0.4, -0.2) is 7.11 Å². The Kier molecular flexibility index (Phi) is 44.1. The average molecular weight is 1850 g/mol. The zero-order valence-corrected chi connectivity index (χ0v) is 90.9. The maximum atomic E-state index is 13.3. The Morgan fingerprint density at radius 1 is 0.169 bits per heavy atom. The lowest BCUT2D eigenvalue weighted by Gasteiger charge is -2.22. The molecule has 0 radical (unpaired) electrons. The molecule has 0 fully saturated rings. The first-order chi connectivity index (χ1) is 62.5. The molecule has 0 aromatic heterocycles. The monoisotopic (exact) mass is 1850 g/mol. The highest BCUT2D eigenvalue weighted by molar-refractivity contribution is 5.44. The third kappa shape index (κ3) is 43.0. The minimum absolute atomic E-state index is 0.0362. The number of ether oxygens (including phenoxy) is 4. The van der Waals surface area contributed by atoms with Gasteiger partial charge in [-0.05, 0) is 297 Å². The number of hydrogen-bond donors (Lipinski definition) is 0. The van der Waals surface area contributed by atoms with Gasteiger partial charge in [0.2, 0.25) is 0 Å². The summed E-state index contributed by atoms with van der Waals surface area (Å²) < 4.78 is 75.4. The molecule has 0 aliphatic heterocycles. The number of halogens is 4. The number of benzene rings is 13. The van der Waals surface area contributed by atoms with Gasteiger partial charge in [-0.3, -0.25) is 0 Å². The molecular formula is C128H168F4O4. The van der Waals surface area contributed by atoms with Gasteiger partial charge < -0.3 is 18.9 Å². The molecular weight excluding hydrogens is 1680 g/mol. The van der Waals surface area contributed by atoms with Crippen LogP contribution in [0.25, 0.3) is 0 Å². The lowest BCUT2D eigenvalue weighted by molar-refractivity contribution is 0.397. The number of rotatable bonds is 7. The molecule has 13 rings (SSSR count). The highest BCUT2D eigenvalue weighted by Crippen LogP contribution is 2.36. The van der Waals surface area contributed by atoms with Gasteiger partial charge >= 0.3 is 0 Å². The third-order valence-electron chi connectivity index (χ3n) is 22.6. The summed E-state index contributed by atoms with van der Waals surface area (Å²) in [6.45, 7) is 82.8. The van der Waals surface area contributed by atoms with Crippen LogP contribution >= 0.6 is 0 Å². The quantitative estimate of drug-likeness (QED) is 0.149. The van der Waals surface area contributed by atoms with Crippen molar-refractivity contribution in [2.45, 2.75) is 324 Å². The van der Waals surface area contributed by atoms with Gasteiger partial charge in [-0.25, -0.2) is 17.6 Å². The SMILES string of the molecule is CC(C)(C)c1ccccc1F.COc1cc(C)ccc1C(C)(C)C.Cc1cc(Oc2ccc(C(C)(C)C)cc2)ccc1F.Cc1ccc(C(C)(C)C)c(F)c1.Cc1ccc(C(C)(C)C)cc1.Cc1ccc(C(C)(C)C)cc1.Cc1ccc(C(C)(C)C)cc1F.Cc1ccc(Oc2ccc(C(C)(C)C)cc2)cc1.Cc1ccc(Oc2ccc(C(C)(C)C)cc2)cc1.Cc1cccc(C(C)(C)C)c1. The minimum Gasteiger partial charge on any atom is -0.496 e. The van der Waals surface area contributed by atoms with Crippen LogP contribution in [0.2, 0.25) is 0 Å². The molecule has 0 N–H and O–H groups in total. The summed E-state index contributed by atoms with van der Waals surface area (Å²) in [5, 5.41) is 0. The maximum absolute atomic E-state index is 13.3. The van der Waals surface area contributed by atoms with E-state index >= 15 is 0 Å². The van der Waals surface area contributed by atoms with Crippen molar-refractivity contribution in [3.63, 3.8) is 0 Å². The summed E-state index contributed by atoms with van der Waals surface area (Å²) in [5.41, 5.74) is 23.3. The van der Waals surface area contributed by atoms with Gasteiger partial charge in [-0.2, -0.15) is 0 Å².